The molecule has 0 aromatic carbocycles. The zero-order valence-corrected chi connectivity index (χ0v) is 28.6. The molecule has 0 saturated carbocycles. The minimum absolute atomic E-state index is 0.0887. The number of aliphatic hydroxyl groups is 5. The topological polar surface area (TPSA) is 152 Å². The van der Waals surface area contributed by atoms with Crippen LogP contribution in [0.3, 0.4) is 0 Å². The van der Waals surface area contributed by atoms with Crippen molar-refractivity contribution >= 4 is 13.5 Å². The zero-order chi connectivity index (χ0) is 32.8. The Morgan fingerprint density at radius 2 is 1.19 bits per heavy atom. The molecule has 0 spiro atoms. The molecular weight excluding hydrogens is 569 g/mol. The van der Waals surface area contributed by atoms with Crippen LogP contribution in [0.25, 0.3) is 0 Å². The van der Waals surface area contributed by atoms with Gasteiger partial charge in [-0.1, -0.05) is 96.1 Å². The molecule has 0 amide bonds. The molecule has 0 bridgehead atoms. The highest BCUT2D eigenvalue weighted by Crippen LogP contribution is 2.14. The summed E-state index contributed by atoms with van der Waals surface area (Å²) in [5.41, 5.74) is 0. The van der Waals surface area contributed by atoms with Crippen LogP contribution in [0.1, 0.15) is 142 Å². The standard InChI is InChI=1S/C25H48O3.C8H19NO5P/c1-2-3-4-5-6-7-8-9-10-11-12-13-14-15-16-17-18-19-20-21-24(27)25(28)22-23-26;1-9(2,4-3-5-15(13)14)7(10)6-8(11)12/h9-10,25-26,28H,2-8,11-23H2,1H3;7-8,10-12H,3-6H2,1-2H3/q;+1. The largest absolute Gasteiger partial charge is 0.396 e. The average Bonchev–Trinajstić information content (AvgIpc) is 2.94. The molecule has 0 fully saturated rings. The normalized spacial score (nSPS) is 13.2. The van der Waals surface area contributed by atoms with Crippen molar-refractivity contribution in [3.8, 4) is 0 Å². The van der Waals surface area contributed by atoms with Crippen molar-refractivity contribution in [3.05, 3.63) is 12.2 Å². The number of ketones is 1. The Labute approximate surface area is 263 Å². The van der Waals surface area contributed by atoms with E-state index in [1.807, 2.05) is 0 Å². The lowest BCUT2D eigenvalue weighted by molar-refractivity contribution is -0.937. The Bertz CT molecular complexity index is 720. The average molecular weight is 637 g/mol. The number of nitrogens with zero attached hydrogens (tertiary/aromatic N) is 1. The van der Waals surface area contributed by atoms with Crippen molar-refractivity contribution in [3.63, 3.8) is 0 Å². The first-order valence-corrected chi connectivity index (χ1v) is 18.3. The van der Waals surface area contributed by atoms with Gasteiger partial charge in [0.05, 0.1) is 33.2 Å². The fourth-order valence-corrected chi connectivity index (χ4v) is 5.16. The van der Waals surface area contributed by atoms with Crippen LogP contribution in [0.2, 0.25) is 0 Å². The van der Waals surface area contributed by atoms with Gasteiger partial charge in [-0.15, -0.1) is 0 Å². The van der Waals surface area contributed by atoms with E-state index in [1.165, 1.54) is 96.3 Å². The summed E-state index contributed by atoms with van der Waals surface area (Å²) >= 11 is 0. The second kappa shape index (κ2) is 31.1. The van der Waals surface area contributed by atoms with Crippen LogP contribution in [0, 0.1) is 0 Å². The number of hydrogen-bond donors (Lipinski definition) is 5. The third-order valence-electron chi connectivity index (χ3n) is 7.76. The molecule has 256 valence electrons. The van der Waals surface area contributed by atoms with Gasteiger partial charge >= 0.3 is 7.68 Å². The number of rotatable bonds is 29. The number of allylic oxidation sites excluding steroid dienone is 2. The fraction of sp³-hybridized carbons (Fsp3) is 0.909. The number of aliphatic hydroxyl groups excluding tert-OH is 4. The van der Waals surface area contributed by atoms with Gasteiger partial charge in [0.15, 0.2) is 18.3 Å². The highest BCUT2D eigenvalue weighted by molar-refractivity contribution is 7.30. The molecule has 0 aromatic heterocycles. The lowest BCUT2D eigenvalue weighted by Crippen LogP contribution is -2.50. The maximum atomic E-state index is 11.5. The van der Waals surface area contributed by atoms with Crippen LogP contribution in [0.15, 0.2) is 12.2 Å². The van der Waals surface area contributed by atoms with E-state index in [9.17, 15) is 24.1 Å². The Morgan fingerprint density at radius 3 is 1.63 bits per heavy atom. The summed E-state index contributed by atoms with van der Waals surface area (Å²) in [6.07, 6.45) is 24.2. The van der Waals surface area contributed by atoms with E-state index in [-0.39, 0.29) is 35.9 Å². The van der Waals surface area contributed by atoms with Gasteiger partial charge < -0.3 is 30.0 Å². The van der Waals surface area contributed by atoms with Crippen molar-refractivity contribution in [1.29, 1.82) is 0 Å². The van der Waals surface area contributed by atoms with Crippen LogP contribution in [0.5, 0.6) is 0 Å². The smallest absolute Gasteiger partial charge is 0.315 e. The molecule has 0 rings (SSSR count). The van der Waals surface area contributed by atoms with E-state index < -0.39 is 26.3 Å². The Balaban J connectivity index is 0. The van der Waals surface area contributed by atoms with E-state index in [2.05, 4.69) is 19.1 Å². The molecule has 9 nitrogen and oxygen atoms in total. The summed E-state index contributed by atoms with van der Waals surface area (Å²) in [4.78, 5) is 11.5. The molecular formula is C33H67NO8P+. The van der Waals surface area contributed by atoms with E-state index in [4.69, 9.17) is 15.3 Å². The van der Waals surface area contributed by atoms with Crippen LogP contribution in [0.4, 0.5) is 0 Å². The molecule has 0 heterocycles. The summed E-state index contributed by atoms with van der Waals surface area (Å²) in [6, 6.07) is 0. The molecule has 10 heteroatoms. The summed E-state index contributed by atoms with van der Waals surface area (Å²) in [5, 5.41) is 45.2. The maximum Gasteiger partial charge on any atom is 0.315 e. The van der Waals surface area contributed by atoms with Gasteiger partial charge in [0.1, 0.15) is 6.10 Å². The molecule has 0 aliphatic carbocycles. The number of hydrogen-bond acceptors (Lipinski definition) is 8. The molecule has 0 aromatic rings. The van der Waals surface area contributed by atoms with Crippen LogP contribution in [-0.4, -0.2) is 87.8 Å². The maximum absolute atomic E-state index is 11.5. The van der Waals surface area contributed by atoms with Crippen LogP contribution in [-0.2, 0) is 13.9 Å². The number of unbranched alkanes of at least 4 members (excludes halogenated alkanes) is 15. The molecule has 5 N–H and O–H groups in total. The van der Waals surface area contributed by atoms with Gasteiger partial charge in [-0.25, -0.2) is 9.13 Å². The summed E-state index contributed by atoms with van der Waals surface area (Å²) in [6.45, 7) is 2.62. The van der Waals surface area contributed by atoms with Crippen molar-refractivity contribution < 1.29 is 43.9 Å². The first-order valence-electron chi connectivity index (χ1n) is 16.9. The summed E-state index contributed by atoms with van der Waals surface area (Å²) < 4.78 is 20.8. The van der Waals surface area contributed by atoms with Crippen molar-refractivity contribution in [2.75, 3.05) is 33.4 Å². The van der Waals surface area contributed by atoms with Gasteiger partial charge in [-0.3, -0.25) is 4.79 Å². The van der Waals surface area contributed by atoms with E-state index in [1.54, 1.807) is 14.1 Å². The van der Waals surface area contributed by atoms with Gasteiger partial charge in [-0.05, 0) is 32.1 Å². The SMILES string of the molecule is CCCCCCCCC=CCCCCCCCCCCCC(=O)C(O)CCO.C[N+](C)(CCCP(=O)=O)C(O)CC(O)O. The lowest BCUT2D eigenvalue weighted by atomic mass is 10.0. The van der Waals surface area contributed by atoms with Crippen LogP contribution >= 0.6 is 7.68 Å². The molecule has 43 heavy (non-hydrogen) atoms. The van der Waals surface area contributed by atoms with E-state index in [0.717, 1.165) is 12.8 Å². The molecule has 0 saturated heterocycles. The van der Waals surface area contributed by atoms with Gasteiger partial charge in [-0.2, -0.15) is 0 Å². The summed E-state index contributed by atoms with van der Waals surface area (Å²) in [5.74, 6) is -0.116. The quantitative estimate of drug-likeness (QED) is 0.0204. The minimum atomic E-state index is -2.38. The number of Topliss-reactive ketones (excluding diaryl/α,β-unsaturated/α-hetero) is 1. The highest BCUT2D eigenvalue weighted by Gasteiger charge is 2.27. The Morgan fingerprint density at radius 1 is 0.721 bits per heavy atom. The number of carbonyl (C=O) groups excluding carboxylic acids is 1. The van der Waals surface area contributed by atoms with E-state index >= 15 is 0 Å². The minimum Gasteiger partial charge on any atom is -0.396 e. The first-order chi connectivity index (χ1) is 20.5. The van der Waals surface area contributed by atoms with E-state index in [0.29, 0.717) is 19.4 Å². The third-order valence-corrected chi connectivity index (χ3v) is 8.44. The molecule has 2 atom stereocenters. The third kappa shape index (κ3) is 32.3. The van der Waals surface area contributed by atoms with Crippen molar-refractivity contribution in [2.24, 2.45) is 0 Å². The molecule has 0 aliphatic heterocycles. The highest BCUT2D eigenvalue weighted by atomic mass is 31.1. The zero-order valence-electron chi connectivity index (χ0n) is 27.7. The number of quaternary nitrogens is 1. The monoisotopic (exact) mass is 636 g/mol. The molecule has 0 aliphatic rings. The molecule has 2 unspecified atom stereocenters. The Kier molecular flexibility index (Phi) is 31.9. The van der Waals surface area contributed by atoms with Gasteiger partial charge in [0, 0.05) is 25.9 Å². The molecule has 0 radical (unpaired) electrons. The second-order valence-electron chi connectivity index (χ2n) is 12.4. The first kappa shape index (κ1) is 44.2. The second-order valence-corrected chi connectivity index (χ2v) is 13.5. The van der Waals surface area contributed by atoms with Gasteiger partial charge in [0.2, 0.25) is 0 Å². The van der Waals surface area contributed by atoms with Crippen molar-refractivity contribution in [1.82, 2.24) is 0 Å². The summed E-state index contributed by atoms with van der Waals surface area (Å²) in [7, 11) is 1.05. The Hall–Kier alpha value is -0.930. The van der Waals surface area contributed by atoms with Crippen LogP contribution < -0.4 is 0 Å². The van der Waals surface area contributed by atoms with Crippen molar-refractivity contribution in [2.45, 2.75) is 160 Å². The lowest BCUT2D eigenvalue weighted by Gasteiger charge is -2.34. The number of carbonyl (C=O) groups is 1. The fourth-order valence-electron chi connectivity index (χ4n) is 4.76. The predicted molar refractivity (Wildman–Crippen MR) is 174 cm³/mol. The predicted octanol–water partition coefficient (Wildman–Crippen LogP) is 6.54. The van der Waals surface area contributed by atoms with Gasteiger partial charge in [0.25, 0.3) is 0 Å².